The Morgan fingerprint density at radius 3 is 1.46 bits per heavy atom. The molecule has 0 aromatic carbocycles. The maximum absolute atomic E-state index is 10.3. The van der Waals surface area contributed by atoms with Crippen molar-refractivity contribution < 1.29 is 14.0 Å². The predicted octanol–water partition coefficient (Wildman–Crippen LogP) is 8.04. The Morgan fingerprint density at radius 2 is 1.04 bits per heavy atom. The number of thioether (sulfide) groups is 1. The van der Waals surface area contributed by atoms with E-state index >= 15 is 0 Å². The van der Waals surface area contributed by atoms with Crippen LogP contribution < -0.4 is 0 Å². The molecule has 0 rings (SSSR count). The first-order valence-electron chi connectivity index (χ1n) is 11.1. The third kappa shape index (κ3) is 24.4. The van der Waals surface area contributed by atoms with Gasteiger partial charge in [0.15, 0.2) is 0 Å². The fourth-order valence-electron chi connectivity index (χ4n) is 3.16. The highest BCUT2D eigenvalue weighted by Gasteiger charge is 2.09. The predicted molar refractivity (Wildman–Crippen MR) is 117 cm³/mol. The van der Waals surface area contributed by atoms with Crippen LogP contribution in [-0.4, -0.2) is 23.0 Å². The summed E-state index contributed by atoms with van der Waals surface area (Å²) >= 11 is 1.93. The Bertz CT molecular complexity index is 290. The second-order valence-electron chi connectivity index (χ2n) is 7.34. The Labute approximate surface area is 168 Å². The first-order chi connectivity index (χ1) is 12.8. The van der Waals surface area contributed by atoms with Crippen LogP contribution in [0.5, 0.6) is 0 Å². The highest BCUT2D eigenvalue weighted by Crippen LogP contribution is 2.16. The van der Waals surface area contributed by atoms with Gasteiger partial charge in [-0.1, -0.05) is 103 Å². The molecular weight excluding hydrogens is 363 g/mol. The van der Waals surface area contributed by atoms with Gasteiger partial charge in [-0.3, -0.25) is 0 Å². The number of unbranched alkanes of at least 4 members (excludes halogenated alkanes) is 15. The zero-order valence-corrected chi connectivity index (χ0v) is 19.0. The van der Waals surface area contributed by atoms with Crippen LogP contribution in [0, 0.1) is 0 Å². The summed E-state index contributed by atoms with van der Waals surface area (Å²) in [5, 5.41) is 0. The van der Waals surface area contributed by atoms with Crippen molar-refractivity contribution in [3.05, 3.63) is 0 Å². The number of rotatable bonds is 22. The smallest absolute Gasteiger partial charge is 0.162 e. The van der Waals surface area contributed by atoms with Gasteiger partial charge in [-0.25, -0.2) is 0 Å². The number of hydrogen-bond donors (Lipinski definition) is 1. The first-order valence-corrected chi connectivity index (χ1v) is 13.4. The lowest BCUT2D eigenvalue weighted by atomic mass is 10.0. The van der Waals surface area contributed by atoms with Crippen LogP contribution in [0.25, 0.3) is 0 Å². The van der Waals surface area contributed by atoms with E-state index in [2.05, 4.69) is 11.4 Å². The molecule has 26 heavy (non-hydrogen) atoms. The van der Waals surface area contributed by atoms with Crippen molar-refractivity contribution >= 4 is 20.0 Å². The van der Waals surface area contributed by atoms with Crippen LogP contribution in [0.3, 0.4) is 0 Å². The zero-order chi connectivity index (χ0) is 19.1. The van der Waals surface area contributed by atoms with Gasteiger partial charge in [0.1, 0.15) is 6.61 Å². The van der Waals surface area contributed by atoms with Crippen LogP contribution in [0.1, 0.15) is 116 Å². The molecule has 5 heteroatoms. The van der Waals surface area contributed by atoms with Crippen molar-refractivity contribution in [3.63, 3.8) is 0 Å². The molecule has 0 aliphatic carbocycles. The Hall–Kier alpha value is 0.370. The van der Waals surface area contributed by atoms with Gasteiger partial charge in [0.2, 0.25) is 0 Å². The van der Waals surface area contributed by atoms with Gasteiger partial charge in [-0.15, -0.1) is 9.42 Å². The van der Waals surface area contributed by atoms with Crippen molar-refractivity contribution in [2.24, 2.45) is 0 Å². The largest absolute Gasteiger partial charge is 0.694 e. The average Bonchev–Trinajstić information content (AvgIpc) is 2.62. The summed E-state index contributed by atoms with van der Waals surface area (Å²) in [4.78, 5) is 8.49. The second kappa shape index (κ2) is 23.4. The van der Waals surface area contributed by atoms with Crippen molar-refractivity contribution in [1.82, 2.24) is 0 Å². The minimum atomic E-state index is -2.41. The summed E-state index contributed by atoms with van der Waals surface area (Å²) < 4.78 is 14.9. The molecule has 0 saturated carbocycles. The standard InChI is InChI=1S/C21H43O3PS/c1-2-3-4-5-6-7-8-9-10-11-12-13-14-15-16-17-20-26-21-18-19-24-25(22)23/h2-21H2,1H3/p+1. The van der Waals surface area contributed by atoms with Gasteiger partial charge in [0.05, 0.1) is 0 Å². The minimum Gasteiger partial charge on any atom is -0.162 e. The fraction of sp³-hybridized carbons (Fsp3) is 1.00. The minimum absolute atomic E-state index is 0.400. The van der Waals surface area contributed by atoms with Crippen molar-refractivity contribution in [3.8, 4) is 0 Å². The molecule has 0 aliphatic heterocycles. The lowest BCUT2D eigenvalue weighted by molar-refractivity contribution is 0.283. The van der Waals surface area contributed by atoms with E-state index < -0.39 is 8.25 Å². The van der Waals surface area contributed by atoms with Crippen LogP contribution in [0.15, 0.2) is 0 Å². The lowest BCUT2D eigenvalue weighted by Crippen LogP contribution is -1.91. The monoisotopic (exact) mass is 407 g/mol. The Kier molecular flexibility index (Phi) is 23.7. The molecule has 1 N–H and O–H groups in total. The van der Waals surface area contributed by atoms with Gasteiger partial charge in [0.25, 0.3) is 0 Å². The quantitative estimate of drug-likeness (QED) is 0.146. The molecule has 0 aromatic rings. The maximum atomic E-state index is 10.3. The SMILES string of the molecule is CCCCCCCCCCCCCCCCCCSCCCO[P+](=O)O. The third-order valence-electron chi connectivity index (χ3n) is 4.78. The van der Waals surface area contributed by atoms with Crippen LogP contribution in [-0.2, 0) is 9.09 Å². The van der Waals surface area contributed by atoms with Gasteiger partial charge < -0.3 is 0 Å². The molecule has 0 saturated heterocycles. The van der Waals surface area contributed by atoms with E-state index in [1.807, 2.05) is 11.8 Å². The zero-order valence-electron chi connectivity index (χ0n) is 17.3. The normalized spacial score (nSPS) is 11.8. The molecule has 0 bridgehead atoms. The summed E-state index contributed by atoms with van der Waals surface area (Å²) in [6, 6.07) is 0. The van der Waals surface area contributed by atoms with Crippen LogP contribution >= 0.6 is 20.0 Å². The molecule has 0 aromatic heterocycles. The van der Waals surface area contributed by atoms with E-state index in [0.29, 0.717) is 6.61 Å². The Balaban J connectivity index is 2.98. The van der Waals surface area contributed by atoms with Gasteiger partial charge >= 0.3 is 8.25 Å². The second-order valence-corrected chi connectivity index (χ2v) is 9.30. The molecule has 1 unspecified atom stereocenters. The van der Waals surface area contributed by atoms with E-state index in [-0.39, 0.29) is 0 Å². The molecule has 0 heterocycles. The van der Waals surface area contributed by atoms with E-state index in [1.165, 1.54) is 108 Å². The molecule has 156 valence electrons. The summed E-state index contributed by atoms with van der Waals surface area (Å²) in [5.41, 5.74) is 0. The van der Waals surface area contributed by atoms with Gasteiger partial charge in [-0.05, 0) is 24.3 Å². The summed E-state index contributed by atoms with van der Waals surface area (Å²) in [5.74, 6) is 2.24. The summed E-state index contributed by atoms with van der Waals surface area (Å²) in [6.07, 6.45) is 23.5. The van der Waals surface area contributed by atoms with Gasteiger partial charge in [-0.2, -0.15) is 11.8 Å². The van der Waals surface area contributed by atoms with E-state index in [1.54, 1.807) is 0 Å². The lowest BCUT2D eigenvalue weighted by Gasteiger charge is -2.04. The molecule has 0 amide bonds. The molecule has 0 radical (unpaired) electrons. The van der Waals surface area contributed by atoms with Crippen LogP contribution in [0.2, 0.25) is 0 Å². The molecular formula is C21H44O3PS+. The average molecular weight is 408 g/mol. The summed E-state index contributed by atoms with van der Waals surface area (Å²) in [6.45, 7) is 2.68. The van der Waals surface area contributed by atoms with Crippen molar-refractivity contribution in [2.45, 2.75) is 116 Å². The van der Waals surface area contributed by atoms with Crippen LogP contribution in [0.4, 0.5) is 0 Å². The highest BCUT2D eigenvalue weighted by atomic mass is 32.2. The first kappa shape index (κ1) is 26.4. The van der Waals surface area contributed by atoms with E-state index in [9.17, 15) is 4.57 Å². The summed E-state index contributed by atoms with van der Waals surface area (Å²) in [7, 11) is -2.41. The van der Waals surface area contributed by atoms with Crippen molar-refractivity contribution in [1.29, 1.82) is 0 Å². The van der Waals surface area contributed by atoms with E-state index in [4.69, 9.17) is 4.89 Å². The molecule has 0 fully saturated rings. The Morgan fingerprint density at radius 1 is 0.654 bits per heavy atom. The molecule has 0 aliphatic rings. The highest BCUT2D eigenvalue weighted by molar-refractivity contribution is 7.99. The van der Waals surface area contributed by atoms with Crippen molar-refractivity contribution in [2.75, 3.05) is 18.1 Å². The third-order valence-corrected chi connectivity index (χ3v) is 6.34. The number of hydrogen-bond acceptors (Lipinski definition) is 3. The van der Waals surface area contributed by atoms with Gasteiger partial charge in [0, 0.05) is 4.57 Å². The van der Waals surface area contributed by atoms with E-state index in [0.717, 1.165) is 12.2 Å². The fourth-order valence-corrected chi connectivity index (χ4v) is 4.38. The molecule has 1 atom stereocenters. The molecule has 0 spiro atoms. The molecule has 3 nitrogen and oxygen atoms in total. The maximum Gasteiger partial charge on any atom is 0.694 e. The topological polar surface area (TPSA) is 46.5 Å².